The predicted molar refractivity (Wildman–Crippen MR) is 132 cm³/mol. The molecular formula is C26H21F3N2O4S. The number of halogens is 3. The van der Waals surface area contributed by atoms with Crippen LogP contribution in [0.4, 0.5) is 24.5 Å². The van der Waals surface area contributed by atoms with Crippen molar-refractivity contribution in [2.45, 2.75) is 23.2 Å². The first-order valence-corrected chi connectivity index (χ1v) is 11.4. The summed E-state index contributed by atoms with van der Waals surface area (Å²) in [7, 11) is 0. The lowest BCUT2D eigenvalue weighted by Crippen LogP contribution is -2.21. The number of nitrogens with one attached hydrogen (secondary N) is 2. The zero-order valence-electron chi connectivity index (χ0n) is 18.9. The molecule has 3 rings (SSSR count). The normalized spacial score (nSPS) is 12.5. The van der Waals surface area contributed by atoms with E-state index < -0.39 is 34.8 Å². The van der Waals surface area contributed by atoms with E-state index in [1.165, 1.54) is 25.1 Å². The first-order valence-electron chi connectivity index (χ1n) is 10.6. The summed E-state index contributed by atoms with van der Waals surface area (Å²) in [6.07, 6.45) is -3.67. The topological polar surface area (TPSA) is 95.5 Å². The number of aliphatic carboxylic acids is 1. The molecule has 1 atom stereocenters. The molecule has 2 amide bonds. The Hall–Kier alpha value is -4.05. The molecule has 3 N–H and O–H groups in total. The van der Waals surface area contributed by atoms with Gasteiger partial charge in [0.15, 0.2) is 0 Å². The standard InChI is InChI=1S/C26H21F3N2O4S/c1-16(25(34)35)15-22(32)30-18-11-13-19(14-12-18)36-23(17-7-3-2-4-8-17)24(33)31-21-10-6-5-9-20(21)26(27,28)29/h2-15,23H,1H3,(H,30,32)(H,31,33)(H,34,35)/b16-15+. The van der Waals surface area contributed by atoms with Gasteiger partial charge in [-0.15, -0.1) is 11.8 Å². The molecule has 0 spiro atoms. The largest absolute Gasteiger partial charge is 0.478 e. The van der Waals surface area contributed by atoms with E-state index in [2.05, 4.69) is 10.6 Å². The summed E-state index contributed by atoms with van der Waals surface area (Å²) >= 11 is 1.13. The van der Waals surface area contributed by atoms with Gasteiger partial charge in [0.25, 0.3) is 0 Å². The van der Waals surface area contributed by atoms with Gasteiger partial charge in [-0.2, -0.15) is 13.2 Å². The molecule has 0 saturated heterocycles. The maximum atomic E-state index is 13.4. The van der Waals surface area contributed by atoms with Gasteiger partial charge < -0.3 is 15.7 Å². The van der Waals surface area contributed by atoms with Crippen molar-refractivity contribution in [3.05, 3.63) is 102 Å². The lowest BCUT2D eigenvalue weighted by atomic mass is 10.1. The summed E-state index contributed by atoms with van der Waals surface area (Å²) in [5.74, 6) is -2.45. The number of carboxylic acid groups (broad SMARTS) is 1. The van der Waals surface area contributed by atoms with Crippen molar-refractivity contribution >= 4 is 40.9 Å². The third-order valence-corrected chi connectivity index (χ3v) is 6.16. The van der Waals surface area contributed by atoms with Crippen molar-refractivity contribution in [2.75, 3.05) is 10.6 Å². The highest BCUT2D eigenvalue weighted by molar-refractivity contribution is 8.00. The highest BCUT2D eigenvalue weighted by atomic mass is 32.2. The van der Waals surface area contributed by atoms with Gasteiger partial charge in [-0.1, -0.05) is 42.5 Å². The summed E-state index contributed by atoms with van der Waals surface area (Å²) in [5, 5.41) is 12.9. The Kier molecular flexibility index (Phi) is 8.55. The van der Waals surface area contributed by atoms with Gasteiger partial charge in [0.1, 0.15) is 5.25 Å². The van der Waals surface area contributed by atoms with Crippen LogP contribution in [0.2, 0.25) is 0 Å². The van der Waals surface area contributed by atoms with E-state index in [1.54, 1.807) is 54.6 Å². The highest BCUT2D eigenvalue weighted by Gasteiger charge is 2.34. The van der Waals surface area contributed by atoms with Crippen LogP contribution in [0.3, 0.4) is 0 Å². The van der Waals surface area contributed by atoms with Gasteiger partial charge in [-0.05, 0) is 48.9 Å². The first-order chi connectivity index (χ1) is 17.0. The number of benzene rings is 3. The van der Waals surface area contributed by atoms with Crippen LogP contribution in [0.1, 0.15) is 23.3 Å². The van der Waals surface area contributed by atoms with Crippen LogP contribution in [0, 0.1) is 0 Å². The van der Waals surface area contributed by atoms with Crippen molar-refractivity contribution in [3.63, 3.8) is 0 Å². The minimum atomic E-state index is -4.63. The SMILES string of the molecule is C/C(=C\C(=O)Nc1ccc(SC(C(=O)Nc2ccccc2C(F)(F)F)c2ccccc2)cc1)C(=O)O. The lowest BCUT2D eigenvalue weighted by Gasteiger charge is -2.19. The van der Waals surface area contributed by atoms with Gasteiger partial charge in [-0.3, -0.25) is 9.59 Å². The third-order valence-electron chi connectivity index (χ3n) is 4.89. The molecule has 186 valence electrons. The van der Waals surface area contributed by atoms with E-state index in [4.69, 9.17) is 5.11 Å². The molecule has 0 aliphatic carbocycles. The maximum Gasteiger partial charge on any atom is 0.418 e. The van der Waals surface area contributed by atoms with Gasteiger partial charge in [0, 0.05) is 22.2 Å². The van der Waals surface area contributed by atoms with Crippen molar-refractivity contribution in [3.8, 4) is 0 Å². The summed E-state index contributed by atoms with van der Waals surface area (Å²) in [4.78, 5) is 36.6. The van der Waals surface area contributed by atoms with Crippen LogP contribution < -0.4 is 10.6 Å². The number of thioether (sulfide) groups is 1. The van der Waals surface area contributed by atoms with Crippen molar-refractivity contribution in [2.24, 2.45) is 0 Å². The number of amides is 2. The number of carboxylic acids is 1. The Morgan fingerprint density at radius 1 is 0.889 bits per heavy atom. The van der Waals surface area contributed by atoms with E-state index >= 15 is 0 Å². The van der Waals surface area contributed by atoms with Crippen molar-refractivity contribution in [1.82, 2.24) is 0 Å². The van der Waals surface area contributed by atoms with Crippen LogP contribution in [0.25, 0.3) is 0 Å². The number of para-hydroxylation sites is 1. The van der Waals surface area contributed by atoms with Crippen LogP contribution in [0.15, 0.2) is 95.4 Å². The van der Waals surface area contributed by atoms with E-state index in [9.17, 15) is 27.6 Å². The van der Waals surface area contributed by atoms with Gasteiger partial charge in [-0.25, -0.2) is 4.79 Å². The number of alkyl halides is 3. The fourth-order valence-corrected chi connectivity index (χ4v) is 4.15. The first kappa shape index (κ1) is 26.6. The van der Waals surface area contributed by atoms with Crippen LogP contribution in [0.5, 0.6) is 0 Å². The Bertz CT molecular complexity index is 1280. The number of anilines is 2. The molecule has 6 nitrogen and oxygen atoms in total. The summed E-state index contributed by atoms with van der Waals surface area (Å²) in [6.45, 7) is 1.30. The Morgan fingerprint density at radius 2 is 1.50 bits per heavy atom. The predicted octanol–water partition coefficient (Wildman–Crippen LogP) is 6.15. The quantitative estimate of drug-likeness (QED) is 0.248. The van der Waals surface area contributed by atoms with Crippen LogP contribution in [-0.4, -0.2) is 22.9 Å². The monoisotopic (exact) mass is 514 g/mol. The highest BCUT2D eigenvalue weighted by Crippen LogP contribution is 2.39. The van der Waals surface area contributed by atoms with Crippen LogP contribution >= 0.6 is 11.8 Å². The average Bonchev–Trinajstić information content (AvgIpc) is 2.83. The van der Waals surface area contributed by atoms with E-state index in [1.807, 2.05) is 0 Å². The maximum absolute atomic E-state index is 13.4. The molecule has 0 heterocycles. The molecular weight excluding hydrogens is 493 g/mol. The molecule has 10 heteroatoms. The van der Waals surface area contributed by atoms with E-state index in [0.29, 0.717) is 16.1 Å². The molecule has 0 radical (unpaired) electrons. The molecule has 0 fully saturated rings. The second-order valence-electron chi connectivity index (χ2n) is 7.59. The molecule has 3 aromatic carbocycles. The zero-order valence-corrected chi connectivity index (χ0v) is 19.7. The fourth-order valence-electron chi connectivity index (χ4n) is 3.13. The second-order valence-corrected chi connectivity index (χ2v) is 8.77. The number of hydrogen-bond acceptors (Lipinski definition) is 4. The van der Waals surface area contributed by atoms with Crippen LogP contribution in [-0.2, 0) is 20.6 Å². The smallest absolute Gasteiger partial charge is 0.418 e. The lowest BCUT2D eigenvalue weighted by molar-refractivity contribution is -0.137. The minimum absolute atomic E-state index is 0.122. The average molecular weight is 515 g/mol. The molecule has 36 heavy (non-hydrogen) atoms. The Morgan fingerprint density at radius 3 is 2.11 bits per heavy atom. The van der Waals surface area contributed by atoms with Gasteiger partial charge in [0.2, 0.25) is 11.8 Å². The Balaban J connectivity index is 1.80. The second kappa shape index (κ2) is 11.6. The van der Waals surface area contributed by atoms with Crippen molar-refractivity contribution in [1.29, 1.82) is 0 Å². The molecule has 0 aliphatic rings. The van der Waals surface area contributed by atoms with E-state index in [-0.39, 0.29) is 11.3 Å². The zero-order chi connectivity index (χ0) is 26.3. The number of carbonyl (C=O) groups excluding carboxylic acids is 2. The number of rotatable bonds is 8. The molecule has 0 aromatic heterocycles. The summed E-state index contributed by atoms with van der Waals surface area (Å²) in [6, 6.07) is 19.8. The number of carbonyl (C=O) groups is 3. The molecule has 1 unspecified atom stereocenters. The third kappa shape index (κ3) is 7.22. The minimum Gasteiger partial charge on any atom is -0.478 e. The fraction of sp³-hybridized carbons (Fsp3) is 0.115. The van der Waals surface area contributed by atoms with Crippen molar-refractivity contribution < 1.29 is 32.7 Å². The molecule has 3 aromatic rings. The summed E-state index contributed by atoms with van der Waals surface area (Å²) in [5.41, 5.74) is -0.403. The summed E-state index contributed by atoms with van der Waals surface area (Å²) < 4.78 is 40.2. The van der Waals surface area contributed by atoms with Gasteiger partial charge >= 0.3 is 12.1 Å². The molecule has 0 bridgehead atoms. The van der Waals surface area contributed by atoms with Gasteiger partial charge in [0.05, 0.1) is 11.3 Å². The van der Waals surface area contributed by atoms with E-state index in [0.717, 1.165) is 23.9 Å². The molecule has 0 saturated carbocycles. The number of hydrogen-bond donors (Lipinski definition) is 3. The Labute approximate surface area is 209 Å². The molecule has 0 aliphatic heterocycles.